The van der Waals surface area contributed by atoms with Gasteiger partial charge in [-0.15, -0.1) is 0 Å². The third-order valence-electron chi connectivity index (χ3n) is 6.95. The van der Waals surface area contributed by atoms with Crippen LogP contribution in [0.2, 0.25) is 0 Å². The van der Waals surface area contributed by atoms with Gasteiger partial charge in [-0.2, -0.15) is 0 Å². The van der Waals surface area contributed by atoms with Crippen molar-refractivity contribution in [2.24, 2.45) is 5.14 Å². The molecular formula is C28H30N4O3S. The number of hydrogen-bond donors (Lipinski definition) is 2. The molecule has 186 valence electrons. The van der Waals surface area contributed by atoms with Gasteiger partial charge in [0.25, 0.3) is 5.56 Å². The molecule has 0 unspecified atom stereocenters. The number of pyridine rings is 1. The van der Waals surface area contributed by atoms with E-state index >= 15 is 0 Å². The van der Waals surface area contributed by atoms with Gasteiger partial charge in [0, 0.05) is 49.0 Å². The molecule has 3 N–H and O–H groups in total. The van der Waals surface area contributed by atoms with Gasteiger partial charge in [-0.3, -0.25) is 9.69 Å². The molecule has 0 amide bonds. The lowest BCUT2D eigenvalue weighted by Gasteiger charge is -2.38. The number of hydrogen-bond acceptors (Lipinski definition) is 5. The van der Waals surface area contributed by atoms with Gasteiger partial charge in [0.15, 0.2) is 0 Å². The van der Waals surface area contributed by atoms with Crippen molar-refractivity contribution in [2.45, 2.75) is 24.8 Å². The van der Waals surface area contributed by atoms with Crippen molar-refractivity contribution >= 4 is 26.6 Å². The monoisotopic (exact) mass is 502 g/mol. The molecule has 1 aromatic heterocycles. The fourth-order valence-electron chi connectivity index (χ4n) is 4.79. The number of H-pyrrole nitrogens is 1. The number of fused-ring (bicyclic) bond motifs is 1. The van der Waals surface area contributed by atoms with E-state index in [1.54, 1.807) is 12.1 Å². The molecule has 7 nitrogen and oxygen atoms in total. The fraction of sp³-hybridized carbons (Fsp3) is 0.250. The molecule has 36 heavy (non-hydrogen) atoms. The molecule has 5 rings (SSSR count). The van der Waals surface area contributed by atoms with Gasteiger partial charge in [0.1, 0.15) is 0 Å². The van der Waals surface area contributed by atoms with Crippen molar-refractivity contribution in [3.63, 3.8) is 0 Å². The molecular weight excluding hydrogens is 472 g/mol. The summed E-state index contributed by atoms with van der Waals surface area (Å²) in [5, 5.41) is 6.08. The number of rotatable bonds is 5. The maximum Gasteiger partial charge on any atom is 0.256 e. The summed E-state index contributed by atoms with van der Waals surface area (Å²) in [5.41, 5.74) is 4.99. The number of aromatic nitrogens is 1. The van der Waals surface area contributed by atoms with E-state index in [0.717, 1.165) is 48.2 Å². The van der Waals surface area contributed by atoms with Crippen LogP contribution in [0.5, 0.6) is 0 Å². The zero-order chi connectivity index (χ0) is 25.4. The number of nitrogens with one attached hydrogen (secondary N) is 1. The zero-order valence-corrected chi connectivity index (χ0v) is 21.3. The summed E-state index contributed by atoms with van der Waals surface area (Å²) in [7, 11) is -3.79. The Morgan fingerprint density at radius 1 is 0.806 bits per heavy atom. The molecule has 0 atom stereocenters. The Balaban J connectivity index is 1.41. The van der Waals surface area contributed by atoms with Crippen molar-refractivity contribution < 1.29 is 8.42 Å². The first-order chi connectivity index (χ1) is 17.2. The van der Waals surface area contributed by atoms with Crippen LogP contribution in [-0.2, 0) is 10.0 Å². The van der Waals surface area contributed by atoms with Crippen LogP contribution in [0.1, 0.15) is 13.8 Å². The molecule has 8 heteroatoms. The second-order valence-corrected chi connectivity index (χ2v) is 11.1. The average Bonchev–Trinajstić information content (AvgIpc) is 2.88. The second kappa shape index (κ2) is 9.54. The van der Waals surface area contributed by atoms with Crippen molar-refractivity contribution in [2.75, 3.05) is 31.1 Å². The zero-order valence-electron chi connectivity index (χ0n) is 20.4. The Hall–Kier alpha value is -3.46. The SMILES string of the molecule is CC(C)N1CCN(c2ccc(-c3ccc4[nH]c(=O)c(-c5ccc(S(N)(=O)=O)cc5)cc4c3)cc2)CC1. The third-order valence-corrected chi connectivity index (χ3v) is 7.88. The summed E-state index contributed by atoms with van der Waals surface area (Å²) in [6.45, 7) is 8.71. The minimum Gasteiger partial charge on any atom is -0.369 e. The summed E-state index contributed by atoms with van der Waals surface area (Å²) in [5.74, 6) is 0. The number of benzene rings is 3. The van der Waals surface area contributed by atoms with Crippen molar-refractivity contribution in [1.82, 2.24) is 9.88 Å². The van der Waals surface area contributed by atoms with Gasteiger partial charge >= 0.3 is 0 Å². The predicted molar refractivity (Wildman–Crippen MR) is 146 cm³/mol. The number of nitrogens with two attached hydrogens (primary N) is 1. The van der Waals surface area contributed by atoms with Gasteiger partial charge in [0.2, 0.25) is 10.0 Å². The van der Waals surface area contributed by atoms with E-state index in [4.69, 9.17) is 5.14 Å². The molecule has 3 aromatic carbocycles. The van der Waals surface area contributed by atoms with E-state index in [-0.39, 0.29) is 10.5 Å². The van der Waals surface area contributed by atoms with Gasteiger partial charge in [-0.1, -0.05) is 30.3 Å². The van der Waals surface area contributed by atoms with Gasteiger partial charge in [0.05, 0.1) is 4.90 Å². The molecule has 0 saturated carbocycles. The molecule has 1 saturated heterocycles. The highest BCUT2D eigenvalue weighted by molar-refractivity contribution is 7.89. The molecule has 0 bridgehead atoms. The Labute approximate surface area is 211 Å². The summed E-state index contributed by atoms with van der Waals surface area (Å²) < 4.78 is 23.1. The molecule has 0 radical (unpaired) electrons. The Morgan fingerprint density at radius 2 is 1.42 bits per heavy atom. The lowest BCUT2D eigenvalue weighted by Crippen LogP contribution is -2.48. The van der Waals surface area contributed by atoms with Crippen LogP contribution >= 0.6 is 0 Å². The van der Waals surface area contributed by atoms with E-state index < -0.39 is 10.0 Å². The highest BCUT2D eigenvalue weighted by atomic mass is 32.2. The van der Waals surface area contributed by atoms with E-state index in [0.29, 0.717) is 17.2 Å². The summed E-state index contributed by atoms with van der Waals surface area (Å²) in [6, 6.07) is 23.1. The smallest absolute Gasteiger partial charge is 0.256 e. The predicted octanol–water partition coefficient (Wildman–Crippen LogP) is 4.04. The topological polar surface area (TPSA) is 99.5 Å². The Morgan fingerprint density at radius 3 is 2.03 bits per heavy atom. The molecule has 1 fully saturated rings. The van der Waals surface area contributed by atoms with Crippen molar-refractivity contribution in [3.05, 3.63) is 83.2 Å². The highest BCUT2D eigenvalue weighted by Crippen LogP contribution is 2.28. The number of primary sulfonamides is 1. The van der Waals surface area contributed by atoms with E-state index in [1.165, 1.54) is 17.8 Å². The van der Waals surface area contributed by atoms with Crippen LogP contribution in [0.25, 0.3) is 33.2 Å². The standard InChI is InChI=1S/C28H30N4O3S/c1-19(2)31-13-15-32(16-14-31)24-8-3-20(4-9-24)22-7-12-27-23(17-22)18-26(28(33)30-27)21-5-10-25(11-6-21)36(29,34)35/h3-12,17-19H,13-16H2,1-2H3,(H,30,33)(H2,29,34,35). The minimum absolute atomic E-state index is 0.0102. The lowest BCUT2D eigenvalue weighted by molar-refractivity contribution is 0.209. The van der Waals surface area contributed by atoms with Crippen LogP contribution in [0.3, 0.4) is 0 Å². The number of nitrogens with zero attached hydrogens (tertiary/aromatic N) is 2. The molecule has 0 aliphatic carbocycles. The Bertz CT molecular complexity index is 1550. The van der Waals surface area contributed by atoms with E-state index in [1.807, 2.05) is 18.2 Å². The van der Waals surface area contributed by atoms with Crippen LogP contribution < -0.4 is 15.6 Å². The van der Waals surface area contributed by atoms with Crippen LogP contribution in [-0.4, -0.2) is 50.5 Å². The van der Waals surface area contributed by atoms with Gasteiger partial charge in [-0.25, -0.2) is 13.6 Å². The van der Waals surface area contributed by atoms with Crippen LogP contribution in [0, 0.1) is 0 Å². The quantitative estimate of drug-likeness (QED) is 0.429. The summed E-state index contributed by atoms with van der Waals surface area (Å²) in [4.78, 5) is 20.6. The summed E-state index contributed by atoms with van der Waals surface area (Å²) in [6.07, 6.45) is 0. The Kier molecular flexibility index (Phi) is 6.42. The molecule has 4 aromatic rings. The first-order valence-electron chi connectivity index (χ1n) is 12.1. The number of aromatic amines is 1. The van der Waals surface area contributed by atoms with E-state index in [2.05, 4.69) is 59.0 Å². The van der Waals surface area contributed by atoms with Crippen LogP contribution in [0.4, 0.5) is 5.69 Å². The van der Waals surface area contributed by atoms with Crippen molar-refractivity contribution in [3.8, 4) is 22.3 Å². The minimum atomic E-state index is -3.79. The first kappa shape index (κ1) is 24.2. The number of piperazine rings is 1. The molecule has 1 aliphatic rings. The lowest BCUT2D eigenvalue weighted by atomic mass is 10.0. The van der Waals surface area contributed by atoms with Crippen molar-refractivity contribution in [1.29, 1.82) is 0 Å². The van der Waals surface area contributed by atoms with E-state index in [9.17, 15) is 13.2 Å². The molecule has 0 spiro atoms. The molecule has 2 heterocycles. The second-order valence-electron chi connectivity index (χ2n) is 9.55. The maximum absolute atomic E-state index is 12.7. The summed E-state index contributed by atoms with van der Waals surface area (Å²) >= 11 is 0. The van der Waals surface area contributed by atoms with Gasteiger partial charge in [-0.05, 0) is 78.4 Å². The molecule has 1 aliphatic heterocycles. The highest BCUT2D eigenvalue weighted by Gasteiger charge is 2.19. The fourth-order valence-corrected chi connectivity index (χ4v) is 5.30. The van der Waals surface area contributed by atoms with Crippen LogP contribution in [0.15, 0.2) is 82.5 Å². The van der Waals surface area contributed by atoms with Gasteiger partial charge < -0.3 is 9.88 Å². The average molecular weight is 503 g/mol. The third kappa shape index (κ3) is 4.93. The normalized spacial score (nSPS) is 15.1. The maximum atomic E-state index is 12.7. The number of anilines is 1. The largest absolute Gasteiger partial charge is 0.369 e. The number of sulfonamides is 1. The first-order valence-corrected chi connectivity index (χ1v) is 13.6.